The van der Waals surface area contributed by atoms with Crippen molar-refractivity contribution in [2.75, 3.05) is 5.32 Å². The lowest BCUT2D eigenvalue weighted by molar-refractivity contribution is 1.10. The van der Waals surface area contributed by atoms with Gasteiger partial charge in [0.05, 0.1) is 0 Å². The van der Waals surface area contributed by atoms with Crippen LogP contribution in [0.2, 0.25) is 0 Å². The molecule has 0 saturated heterocycles. The minimum Gasteiger partial charge on any atom is -0.380 e. The smallest absolute Gasteiger partial charge is 0.0488 e. The summed E-state index contributed by atoms with van der Waals surface area (Å²) in [5.41, 5.74) is 2.20. The highest BCUT2D eigenvalue weighted by molar-refractivity contribution is 9.11. The van der Waals surface area contributed by atoms with Gasteiger partial charge in [0.25, 0.3) is 0 Å². The van der Waals surface area contributed by atoms with Crippen molar-refractivity contribution in [1.29, 1.82) is 0 Å². The largest absolute Gasteiger partial charge is 0.380 e. The third-order valence-electron chi connectivity index (χ3n) is 2.18. The summed E-state index contributed by atoms with van der Waals surface area (Å²) in [6, 6.07) is 8.10. The van der Waals surface area contributed by atoms with Crippen molar-refractivity contribution in [2.24, 2.45) is 0 Å². The predicted molar refractivity (Wildman–Crippen MR) is 81.1 cm³/mol. The molecule has 1 heterocycles. The van der Waals surface area contributed by atoms with Gasteiger partial charge in [-0.1, -0.05) is 15.9 Å². The molecule has 0 aliphatic rings. The first-order valence-electron chi connectivity index (χ1n) is 4.93. The summed E-state index contributed by atoms with van der Waals surface area (Å²) in [5.74, 6) is 0. The highest BCUT2D eigenvalue weighted by Gasteiger charge is 2.00. The summed E-state index contributed by atoms with van der Waals surface area (Å²) in [6.45, 7) is 0.743. The molecule has 5 heteroatoms. The van der Waals surface area contributed by atoms with E-state index in [1.165, 1.54) is 0 Å². The second kappa shape index (κ2) is 5.98. The number of nitrogens with zero attached hydrogens (tertiary/aromatic N) is 1. The van der Waals surface area contributed by atoms with Gasteiger partial charge < -0.3 is 5.32 Å². The monoisotopic (exact) mass is 418 g/mol. The molecule has 2 aromatic rings. The number of hydrogen-bond donors (Lipinski definition) is 1. The van der Waals surface area contributed by atoms with Gasteiger partial charge in [0, 0.05) is 38.0 Å². The standard InChI is InChI=1S/C12H9Br3N2/c13-9-1-2-12(11(15)4-9)17-6-8-3-10(14)7-16-5-8/h1-5,7,17H,6H2. The number of nitrogens with one attached hydrogen (secondary N) is 1. The molecule has 0 amide bonds. The van der Waals surface area contributed by atoms with Crippen LogP contribution < -0.4 is 5.32 Å². The topological polar surface area (TPSA) is 24.9 Å². The number of aromatic nitrogens is 1. The first-order chi connectivity index (χ1) is 8.15. The number of anilines is 1. The third kappa shape index (κ3) is 3.79. The Morgan fingerprint density at radius 2 is 1.82 bits per heavy atom. The van der Waals surface area contributed by atoms with Gasteiger partial charge in [0.2, 0.25) is 0 Å². The van der Waals surface area contributed by atoms with E-state index in [-0.39, 0.29) is 0 Å². The van der Waals surface area contributed by atoms with Crippen LogP contribution in [0.25, 0.3) is 0 Å². The van der Waals surface area contributed by atoms with Crippen LogP contribution in [0.15, 0.2) is 50.1 Å². The molecule has 1 N–H and O–H groups in total. The van der Waals surface area contributed by atoms with E-state index in [1.807, 2.05) is 30.5 Å². The van der Waals surface area contributed by atoms with Crippen molar-refractivity contribution in [2.45, 2.75) is 6.54 Å². The molecule has 0 atom stereocenters. The van der Waals surface area contributed by atoms with Gasteiger partial charge >= 0.3 is 0 Å². The van der Waals surface area contributed by atoms with Gasteiger partial charge in [-0.15, -0.1) is 0 Å². The summed E-state index contributed by atoms with van der Waals surface area (Å²) in [4.78, 5) is 4.13. The number of halogens is 3. The highest BCUT2D eigenvalue weighted by Crippen LogP contribution is 2.26. The molecule has 0 aliphatic heterocycles. The molecular weight excluding hydrogens is 412 g/mol. The van der Waals surface area contributed by atoms with Crippen LogP contribution >= 0.6 is 47.8 Å². The Hall–Kier alpha value is -0.390. The quantitative estimate of drug-likeness (QED) is 0.757. The lowest BCUT2D eigenvalue weighted by Gasteiger charge is -2.09. The van der Waals surface area contributed by atoms with Crippen LogP contribution in [0.5, 0.6) is 0 Å². The Bertz CT molecular complexity index is 529. The number of pyridine rings is 1. The lowest BCUT2D eigenvalue weighted by Crippen LogP contribution is -2.00. The van der Waals surface area contributed by atoms with E-state index in [2.05, 4.69) is 58.1 Å². The minimum atomic E-state index is 0.743. The molecule has 0 unspecified atom stereocenters. The summed E-state index contributed by atoms with van der Waals surface area (Å²) >= 11 is 10.4. The van der Waals surface area contributed by atoms with Crippen LogP contribution in [0.4, 0.5) is 5.69 Å². The van der Waals surface area contributed by atoms with Gasteiger partial charge in [-0.05, 0) is 61.7 Å². The Balaban J connectivity index is 2.07. The van der Waals surface area contributed by atoms with Crippen LogP contribution in [0, 0.1) is 0 Å². The first-order valence-corrected chi connectivity index (χ1v) is 7.31. The van der Waals surface area contributed by atoms with Gasteiger partial charge in [0.1, 0.15) is 0 Å². The molecular formula is C12H9Br3N2. The second-order valence-electron chi connectivity index (χ2n) is 3.49. The van der Waals surface area contributed by atoms with E-state index in [1.54, 1.807) is 6.20 Å². The third-order valence-corrected chi connectivity index (χ3v) is 3.76. The zero-order valence-electron chi connectivity index (χ0n) is 8.75. The normalized spacial score (nSPS) is 10.3. The Morgan fingerprint density at radius 3 is 2.53 bits per heavy atom. The van der Waals surface area contributed by atoms with Crippen molar-refractivity contribution in [3.63, 3.8) is 0 Å². The molecule has 0 radical (unpaired) electrons. The van der Waals surface area contributed by atoms with E-state index < -0.39 is 0 Å². The number of benzene rings is 1. The zero-order valence-corrected chi connectivity index (χ0v) is 13.5. The minimum absolute atomic E-state index is 0.743. The van der Waals surface area contributed by atoms with Gasteiger partial charge in [0.15, 0.2) is 0 Å². The fourth-order valence-corrected chi connectivity index (χ4v) is 2.98. The van der Waals surface area contributed by atoms with Crippen LogP contribution in [-0.4, -0.2) is 4.98 Å². The molecule has 1 aromatic heterocycles. The molecule has 17 heavy (non-hydrogen) atoms. The number of hydrogen-bond acceptors (Lipinski definition) is 2. The lowest BCUT2D eigenvalue weighted by atomic mass is 10.2. The van der Waals surface area contributed by atoms with E-state index >= 15 is 0 Å². The Kier molecular flexibility index (Phi) is 4.59. The fourth-order valence-electron chi connectivity index (χ4n) is 1.38. The molecule has 0 fully saturated rings. The van der Waals surface area contributed by atoms with Crippen LogP contribution in [0.1, 0.15) is 5.56 Å². The van der Waals surface area contributed by atoms with Gasteiger partial charge in [-0.25, -0.2) is 0 Å². The SMILES string of the molecule is Brc1cncc(CNc2ccc(Br)cc2Br)c1. The summed E-state index contributed by atoms with van der Waals surface area (Å²) < 4.78 is 3.08. The average molecular weight is 421 g/mol. The van der Waals surface area contributed by atoms with E-state index in [9.17, 15) is 0 Å². The zero-order chi connectivity index (χ0) is 12.3. The number of rotatable bonds is 3. The molecule has 88 valence electrons. The summed E-state index contributed by atoms with van der Waals surface area (Å²) in [7, 11) is 0. The first kappa shape index (κ1) is 13.1. The van der Waals surface area contributed by atoms with E-state index in [4.69, 9.17) is 0 Å². The summed E-state index contributed by atoms with van der Waals surface area (Å²) in [6.07, 6.45) is 3.63. The molecule has 2 rings (SSSR count). The van der Waals surface area contributed by atoms with Gasteiger partial charge in [-0.2, -0.15) is 0 Å². The highest BCUT2D eigenvalue weighted by atomic mass is 79.9. The summed E-state index contributed by atoms with van der Waals surface area (Å²) in [5, 5.41) is 3.36. The van der Waals surface area contributed by atoms with Crippen LogP contribution in [0.3, 0.4) is 0 Å². The molecule has 0 spiro atoms. The molecule has 0 aliphatic carbocycles. The van der Waals surface area contributed by atoms with Crippen molar-refractivity contribution >= 4 is 53.5 Å². The van der Waals surface area contributed by atoms with Crippen molar-refractivity contribution in [3.8, 4) is 0 Å². The molecule has 0 saturated carbocycles. The maximum Gasteiger partial charge on any atom is 0.0488 e. The van der Waals surface area contributed by atoms with Crippen LogP contribution in [-0.2, 0) is 6.54 Å². The average Bonchev–Trinajstić information content (AvgIpc) is 2.28. The predicted octanol–water partition coefficient (Wildman–Crippen LogP) is 4.98. The van der Waals surface area contributed by atoms with Crippen molar-refractivity contribution < 1.29 is 0 Å². The fraction of sp³-hybridized carbons (Fsp3) is 0.0833. The maximum absolute atomic E-state index is 4.13. The Labute approximate surface area is 125 Å². The van der Waals surface area contributed by atoms with Gasteiger partial charge in [-0.3, -0.25) is 4.98 Å². The molecule has 2 nitrogen and oxygen atoms in total. The maximum atomic E-state index is 4.13. The van der Waals surface area contributed by atoms with Crippen molar-refractivity contribution in [3.05, 3.63) is 55.6 Å². The molecule has 0 bridgehead atoms. The second-order valence-corrected chi connectivity index (χ2v) is 6.17. The van der Waals surface area contributed by atoms with E-state index in [0.717, 1.165) is 31.2 Å². The van der Waals surface area contributed by atoms with E-state index in [0.29, 0.717) is 0 Å². The van der Waals surface area contributed by atoms with Crippen molar-refractivity contribution in [1.82, 2.24) is 4.98 Å². The molecule has 1 aromatic carbocycles. The Morgan fingerprint density at radius 1 is 1.00 bits per heavy atom.